The van der Waals surface area contributed by atoms with Crippen molar-refractivity contribution in [2.24, 2.45) is 0 Å². The van der Waals surface area contributed by atoms with E-state index in [2.05, 4.69) is 18.4 Å². The van der Waals surface area contributed by atoms with Crippen molar-refractivity contribution < 1.29 is 13.3 Å². The highest BCUT2D eigenvalue weighted by Gasteiger charge is 2.31. The smallest absolute Gasteiger partial charge is 0.254 e. The van der Waals surface area contributed by atoms with Gasteiger partial charge in [-0.2, -0.15) is 0 Å². The SMILES string of the molecule is CC[C@@H]1c2ccsc2CC[NH+]1Cn1cc(S(=O)(=O)N(C)C)ccc1=O. The lowest BCUT2D eigenvalue weighted by molar-refractivity contribution is -0.955. The largest absolute Gasteiger partial charge is 0.311 e. The van der Waals surface area contributed by atoms with Crippen molar-refractivity contribution in [3.05, 3.63) is 50.6 Å². The van der Waals surface area contributed by atoms with Gasteiger partial charge in [-0.15, -0.1) is 11.3 Å². The molecule has 0 amide bonds. The molecule has 0 bridgehead atoms. The number of rotatable bonds is 5. The van der Waals surface area contributed by atoms with Gasteiger partial charge in [0.1, 0.15) is 6.04 Å². The van der Waals surface area contributed by atoms with Gasteiger partial charge < -0.3 is 4.90 Å². The third kappa shape index (κ3) is 3.44. The van der Waals surface area contributed by atoms with Gasteiger partial charge in [0.05, 0.1) is 11.4 Å². The Labute approximate surface area is 152 Å². The van der Waals surface area contributed by atoms with E-state index in [0.717, 1.165) is 23.7 Å². The normalized spacial score (nSPS) is 20.6. The van der Waals surface area contributed by atoms with Gasteiger partial charge in [0.25, 0.3) is 5.56 Å². The maximum atomic E-state index is 12.3. The fourth-order valence-electron chi connectivity index (χ4n) is 3.45. The maximum Gasteiger partial charge on any atom is 0.254 e. The summed E-state index contributed by atoms with van der Waals surface area (Å²) in [5.74, 6) is 0. The Hall–Kier alpha value is -1.48. The molecule has 0 saturated carbocycles. The molecule has 0 saturated heterocycles. The highest BCUT2D eigenvalue weighted by Crippen LogP contribution is 2.26. The van der Waals surface area contributed by atoms with Crippen LogP contribution in [0, 0.1) is 0 Å². The predicted octanol–water partition coefficient (Wildman–Crippen LogP) is 0.710. The van der Waals surface area contributed by atoms with E-state index >= 15 is 0 Å². The molecular formula is C17H24N3O3S2+. The molecule has 1 aliphatic heterocycles. The van der Waals surface area contributed by atoms with E-state index in [-0.39, 0.29) is 10.5 Å². The van der Waals surface area contributed by atoms with Crippen LogP contribution in [0.5, 0.6) is 0 Å². The van der Waals surface area contributed by atoms with Crippen molar-refractivity contribution >= 4 is 21.4 Å². The van der Waals surface area contributed by atoms with E-state index < -0.39 is 10.0 Å². The first-order valence-electron chi connectivity index (χ1n) is 8.38. The molecule has 1 unspecified atom stereocenters. The van der Waals surface area contributed by atoms with Gasteiger partial charge in [0.2, 0.25) is 10.0 Å². The fourth-order valence-corrected chi connectivity index (χ4v) is 5.31. The van der Waals surface area contributed by atoms with Gasteiger partial charge in [-0.25, -0.2) is 12.7 Å². The molecule has 136 valence electrons. The number of hydrogen-bond acceptors (Lipinski definition) is 4. The summed E-state index contributed by atoms with van der Waals surface area (Å²) in [6.07, 6.45) is 3.47. The lowest BCUT2D eigenvalue weighted by Gasteiger charge is -2.32. The third-order valence-electron chi connectivity index (χ3n) is 4.84. The first kappa shape index (κ1) is 18.3. The first-order chi connectivity index (χ1) is 11.8. The van der Waals surface area contributed by atoms with Crippen LogP contribution in [-0.4, -0.2) is 37.9 Å². The number of quaternary nitrogens is 1. The summed E-state index contributed by atoms with van der Waals surface area (Å²) in [6, 6.07) is 5.25. The summed E-state index contributed by atoms with van der Waals surface area (Å²) in [5, 5.41) is 2.13. The molecule has 1 aliphatic rings. The first-order valence-corrected chi connectivity index (χ1v) is 10.7. The van der Waals surface area contributed by atoms with Gasteiger partial charge in [0.15, 0.2) is 6.67 Å². The Bertz CT molecular complexity index is 915. The highest BCUT2D eigenvalue weighted by molar-refractivity contribution is 7.89. The van der Waals surface area contributed by atoms with E-state index in [1.807, 2.05) is 0 Å². The number of pyridine rings is 1. The number of fused-ring (bicyclic) bond motifs is 1. The zero-order chi connectivity index (χ0) is 18.2. The number of hydrogen-bond donors (Lipinski definition) is 1. The van der Waals surface area contributed by atoms with Crippen molar-refractivity contribution in [1.29, 1.82) is 0 Å². The van der Waals surface area contributed by atoms with Crippen molar-refractivity contribution in [3.63, 3.8) is 0 Å². The molecule has 3 heterocycles. The Morgan fingerprint density at radius 3 is 2.76 bits per heavy atom. The minimum atomic E-state index is -3.55. The van der Waals surface area contributed by atoms with Gasteiger partial charge in [-0.3, -0.25) is 9.36 Å². The molecule has 6 nitrogen and oxygen atoms in total. The monoisotopic (exact) mass is 382 g/mol. The Morgan fingerprint density at radius 2 is 2.08 bits per heavy atom. The highest BCUT2D eigenvalue weighted by atomic mass is 32.2. The molecule has 8 heteroatoms. The van der Waals surface area contributed by atoms with E-state index in [0.29, 0.717) is 12.7 Å². The molecule has 0 radical (unpaired) electrons. The zero-order valence-electron chi connectivity index (χ0n) is 14.7. The summed E-state index contributed by atoms with van der Waals surface area (Å²) >= 11 is 1.80. The van der Waals surface area contributed by atoms with Crippen LogP contribution in [0.4, 0.5) is 0 Å². The quantitative estimate of drug-likeness (QED) is 0.828. The number of nitrogens with one attached hydrogen (secondary N) is 1. The Balaban J connectivity index is 1.92. The van der Waals surface area contributed by atoms with E-state index in [4.69, 9.17) is 0 Å². The van der Waals surface area contributed by atoms with E-state index in [1.54, 1.807) is 11.3 Å². The average Bonchev–Trinajstić information content (AvgIpc) is 3.05. The number of aromatic nitrogens is 1. The minimum absolute atomic E-state index is 0.151. The molecule has 2 atom stereocenters. The van der Waals surface area contributed by atoms with E-state index in [1.165, 1.54) is 52.3 Å². The molecule has 0 spiro atoms. The van der Waals surface area contributed by atoms with Crippen LogP contribution >= 0.6 is 11.3 Å². The molecule has 2 aromatic rings. The van der Waals surface area contributed by atoms with Crippen LogP contribution in [0.2, 0.25) is 0 Å². The van der Waals surface area contributed by atoms with Crippen LogP contribution in [0.3, 0.4) is 0 Å². The molecule has 25 heavy (non-hydrogen) atoms. The molecule has 0 aromatic carbocycles. The minimum Gasteiger partial charge on any atom is -0.311 e. The van der Waals surface area contributed by atoms with E-state index in [9.17, 15) is 13.2 Å². The topological polar surface area (TPSA) is 63.8 Å². The lowest BCUT2D eigenvalue weighted by atomic mass is 9.98. The van der Waals surface area contributed by atoms with Gasteiger partial charge in [0, 0.05) is 49.6 Å². The summed E-state index contributed by atoms with van der Waals surface area (Å²) in [6.45, 7) is 3.58. The van der Waals surface area contributed by atoms with Gasteiger partial charge >= 0.3 is 0 Å². The second-order valence-electron chi connectivity index (χ2n) is 6.54. The summed E-state index contributed by atoms with van der Waals surface area (Å²) < 4.78 is 27.4. The third-order valence-corrected chi connectivity index (χ3v) is 7.63. The lowest BCUT2D eigenvalue weighted by Crippen LogP contribution is -3.12. The van der Waals surface area contributed by atoms with Crippen molar-refractivity contribution in [2.75, 3.05) is 20.6 Å². The van der Waals surface area contributed by atoms with Gasteiger partial charge in [-0.05, 0) is 17.5 Å². The van der Waals surface area contributed by atoms with Crippen molar-refractivity contribution in [1.82, 2.24) is 8.87 Å². The second-order valence-corrected chi connectivity index (χ2v) is 9.69. The average molecular weight is 383 g/mol. The predicted molar refractivity (Wildman–Crippen MR) is 98.5 cm³/mol. The summed E-state index contributed by atoms with van der Waals surface area (Å²) in [4.78, 5) is 15.2. The van der Waals surface area contributed by atoms with Crippen LogP contribution in [0.15, 0.2) is 39.5 Å². The molecule has 0 fully saturated rings. The fraction of sp³-hybridized carbons (Fsp3) is 0.471. The number of nitrogens with zero attached hydrogens (tertiary/aromatic N) is 2. The van der Waals surface area contributed by atoms with Crippen LogP contribution < -0.4 is 10.5 Å². The molecule has 0 aliphatic carbocycles. The zero-order valence-corrected chi connectivity index (χ0v) is 16.4. The van der Waals surface area contributed by atoms with Crippen molar-refractivity contribution in [3.8, 4) is 0 Å². The van der Waals surface area contributed by atoms with Crippen LogP contribution in [0.25, 0.3) is 0 Å². The second kappa shape index (κ2) is 7.03. The Morgan fingerprint density at radius 1 is 1.32 bits per heavy atom. The maximum absolute atomic E-state index is 12.3. The molecular weight excluding hydrogens is 358 g/mol. The van der Waals surface area contributed by atoms with Crippen LogP contribution in [0.1, 0.15) is 29.8 Å². The molecule has 1 N–H and O–H groups in total. The number of thiophene rings is 1. The van der Waals surface area contributed by atoms with Crippen LogP contribution in [-0.2, 0) is 23.1 Å². The standard InChI is InChI=1S/C17H23N3O3S2/c1-4-15-14-8-10-24-16(14)7-9-19(15)12-20-11-13(5-6-17(20)21)25(22,23)18(2)3/h5-6,8,10-11,15H,4,7,9,12H2,1-3H3/p+1/t15-/m1/s1. The summed E-state index contributed by atoms with van der Waals surface area (Å²) in [7, 11) is -0.566. The number of sulfonamides is 1. The Kier molecular flexibility index (Phi) is 5.15. The molecule has 3 rings (SSSR count). The molecule has 2 aromatic heterocycles. The van der Waals surface area contributed by atoms with Gasteiger partial charge in [-0.1, -0.05) is 6.92 Å². The summed E-state index contributed by atoms with van der Waals surface area (Å²) in [5.41, 5.74) is 1.20. The van der Waals surface area contributed by atoms with Crippen molar-refractivity contribution in [2.45, 2.75) is 37.4 Å².